The lowest BCUT2D eigenvalue weighted by atomic mass is 10.4. The number of hydrogen-bond acceptors (Lipinski definition) is 7. The quantitative estimate of drug-likeness (QED) is 0.424. The molecule has 0 fully saturated rings. The number of nitro groups is 1. The van der Waals surface area contributed by atoms with Gasteiger partial charge >= 0.3 is 5.69 Å². The second-order valence-electron chi connectivity index (χ2n) is 3.36. The van der Waals surface area contributed by atoms with Gasteiger partial charge in [-0.1, -0.05) is 0 Å². The van der Waals surface area contributed by atoms with Crippen LogP contribution < -0.4 is 10.1 Å². The van der Waals surface area contributed by atoms with E-state index in [1.165, 1.54) is 6.33 Å². The van der Waals surface area contributed by atoms with Crippen molar-refractivity contribution in [2.45, 2.75) is 13.3 Å². The van der Waals surface area contributed by atoms with E-state index in [1.807, 2.05) is 6.92 Å². The first-order valence-corrected chi connectivity index (χ1v) is 5.55. The summed E-state index contributed by atoms with van der Waals surface area (Å²) in [6.07, 6.45) is 1.87. The van der Waals surface area contributed by atoms with Crippen molar-refractivity contribution in [1.82, 2.24) is 9.97 Å². The first-order valence-electron chi connectivity index (χ1n) is 5.55. The topological polar surface area (TPSA) is 99.4 Å². The molecule has 0 atom stereocenters. The van der Waals surface area contributed by atoms with Gasteiger partial charge in [0, 0.05) is 26.7 Å². The maximum atomic E-state index is 11.0. The highest BCUT2D eigenvalue weighted by Crippen LogP contribution is 2.30. The number of aromatic nitrogens is 2. The van der Waals surface area contributed by atoms with Crippen molar-refractivity contribution in [3.05, 3.63) is 16.4 Å². The molecule has 8 heteroatoms. The van der Waals surface area contributed by atoms with Gasteiger partial charge in [-0.25, -0.2) is 4.98 Å². The van der Waals surface area contributed by atoms with Gasteiger partial charge in [-0.05, 0) is 6.92 Å². The van der Waals surface area contributed by atoms with Gasteiger partial charge in [0.25, 0.3) is 5.88 Å². The van der Waals surface area contributed by atoms with Crippen LogP contribution in [-0.4, -0.2) is 41.8 Å². The minimum atomic E-state index is -0.552. The summed E-state index contributed by atoms with van der Waals surface area (Å²) in [6.45, 7) is 3.18. The molecule has 0 unspecified atom stereocenters. The Kier molecular flexibility index (Phi) is 5.78. The second-order valence-corrected chi connectivity index (χ2v) is 3.36. The van der Waals surface area contributed by atoms with Crippen LogP contribution in [0.4, 0.5) is 11.5 Å². The third kappa shape index (κ3) is 3.81. The molecule has 0 saturated heterocycles. The van der Waals surface area contributed by atoms with Crippen LogP contribution in [0.3, 0.4) is 0 Å². The van der Waals surface area contributed by atoms with E-state index < -0.39 is 4.92 Å². The third-order valence-electron chi connectivity index (χ3n) is 2.05. The number of anilines is 1. The summed E-state index contributed by atoms with van der Waals surface area (Å²) >= 11 is 0. The Morgan fingerprint density at radius 1 is 1.44 bits per heavy atom. The molecule has 1 rings (SSSR count). The molecule has 0 aliphatic carbocycles. The molecule has 8 nitrogen and oxygen atoms in total. The summed E-state index contributed by atoms with van der Waals surface area (Å²) in [7, 11) is 1.58. The standard InChI is InChI=1S/C10H16N4O4/c1-3-11-9-8(14(15)16)10(13-7-12-9)18-6-4-5-17-2/h7H,3-6H2,1-2H3,(H,11,12,13). The lowest BCUT2D eigenvalue weighted by Crippen LogP contribution is -2.09. The lowest BCUT2D eigenvalue weighted by Gasteiger charge is -2.08. The van der Waals surface area contributed by atoms with E-state index in [1.54, 1.807) is 7.11 Å². The Hall–Kier alpha value is -1.96. The molecular formula is C10H16N4O4. The highest BCUT2D eigenvalue weighted by atomic mass is 16.6. The summed E-state index contributed by atoms with van der Waals surface area (Å²) in [4.78, 5) is 18.0. The van der Waals surface area contributed by atoms with E-state index in [-0.39, 0.29) is 17.4 Å². The Morgan fingerprint density at radius 2 is 2.22 bits per heavy atom. The minimum Gasteiger partial charge on any atom is -0.473 e. The molecular weight excluding hydrogens is 240 g/mol. The summed E-state index contributed by atoms with van der Waals surface area (Å²) in [5, 5.41) is 13.8. The predicted octanol–water partition coefficient (Wildman–Crippen LogP) is 1.23. The number of nitrogens with zero attached hydrogens (tertiary/aromatic N) is 3. The molecule has 1 aromatic rings. The lowest BCUT2D eigenvalue weighted by molar-refractivity contribution is -0.385. The average molecular weight is 256 g/mol. The zero-order valence-electron chi connectivity index (χ0n) is 10.4. The van der Waals surface area contributed by atoms with Crippen LogP contribution in [0.2, 0.25) is 0 Å². The highest BCUT2D eigenvalue weighted by molar-refractivity contribution is 5.60. The molecule has 0 saturated carbocycles. The second kappa shape index (κ2) is 7.38. The fourth-order valence-corrected chi connectivity index (χ4v) is 1.30. The summed E-state index contributed by atoms with van der Waals surface area (Å²) < 4.78 is 10.1. The molecule has 100 valence electrons. The Morgan fingerprint density at radius 3 is 2.83 bits per heavy atom. The fraction of sp³-hybridized carbons (Fsp3) is 0.600. The van der Waals surface area contributed by atoms with Crippen molar-refractivity contribution in [2.75, 3.05) is 32.2 Å². The van der Waals surface area contributed by atoms with E-state index in [4.69, 9.17) is 9.47 Å². The molecule has 0 amide bonds. The summed E-state index contributed by atoms with van der Waals surface area (Å²) in [5.41, 5.74) is -0.239. The molecule has 1 heterocycles. The number of hydrogen-bond donors (Lipinski definition) is 1. The molecule has 1 aromatic heterocycles. The van der Waals surface area contributed by atoms with E-state index >= 15 is 0 Å². The van der Waals surface area contributed by atoms with Crippen LogP contribution in [-0.2, 0) is 4.74 Å². The number of methoxy groups -OCH3 is 1. The monoisotopic (exact) mass is 256 g/mol. The molecule has 18 heavy (non-hydrogen) atoms. The molecule has 0 spiro atoms. The minimum absolute atomic E-state index is 0.0259. The molecule has 0 bridgehead atoms. The Labute approximate surface area is 104 Å². The van der Waals surface area contributed by atoms with Gasteiger partial charge in [0.05, 0.1) is 11.5 Å². The fourth-order valence-electron chi connectivity index (χ4n) is 1.30. The SMILES string of the molecule is CCNc1ncnc(OCCCOC)c1[N+](=O)[O-]. The van der Waals surface area contributed by atoms with Crippen LogP contribution in [0.5, 0.6) is 5.88 Å². The van der Waals surface area contributed by atoms with Crippen LogP contribution >= 0.6 is 0 Å². The summed E-state index contributed by atoms with van der Waals surface area (Å²) in [5.74, 6) is 0.140. The number of rotatable bonds is 8. The van der Waals surface area contributed by atoms with E-state index in [2.05, 4.69) is 15.3 Å². The van der Waals surface area contributed by atoms with Crippen molar-refractivity contribution in [1.29, 1.82) is 0 Å². The van der Waals surface area contributed by atoms with Gasteiger partial charge < -0.3 is 14.8 Å². The molecule has 1 N–H and O–H groups in total. The normalized spacial score (nSPS) is 10.1. The smallest absolute Gasteiger partial charge is 0.372 e. The van der Waals surface area contributed by atoms with Crippen molar-refractivity contribution in [2.24, 2.45) is 0 Å². The van der Waals surface area contributed by atoms with Crippen LogP contribution in [0.15, 0.2) is 6.33 Å². The van der Waals surface area contributed by atoms with Gasteiger partial charge in [0.1, 0.15) is 6.33 Å². The first-order chi connectivity index (χ1) is 8.70. The van der Waals surface area contributed by atoms with Gasteiger partial charge in [-0.3, -0.25) is 10.1 Å². The zero-order chi connectivity index (χ0) is 13.4. The van der Waals surface area contributed by atoms with E-state index in [0.29, 0.717) is 26.2 Å². The van der Waals surface area contributed by atoms with Crippen LogP contribution in [0.25, 0.3) is 0 Å². The highest BCUT2D eigenvalue weighted by Gasteiger charge is 2.23. The third-order valence-corrected chi connectivity index (χ3v) is 2.05. The van der Waals surface area contributed by atoms with Crippen molar-refractivity contribution in [3.63, 3.8) is 0 Å². The van der Waals surface area contributed by atoms with E-state index in [0.717, 1.165) is 0 Å². The van der Waals surface area contributed by atoms with Crippen molar-refractivity contribution < 1.29 is 14.4 Å². The molecule has 0 aromatic carbocycles. The molecule has 0 aliphatic heterocycles. The number of nitrogens with one attached hydrogen (secondary N) is 1. The van der Waals surface area contributed by atoms with Crippen LogP contribution in [0.1, 0.15) is 13.3 Å². The van der Waals surface area contributed by atoms with Gasteiger partial charge in [-0.15, -0.1) is 0 Å². The van der Waals surface area contributed by atoms with Crippen molar-refractivity contribution >= 4 is 11.5 Å². The first kappa shape index (κ1) is 14.1. The van der Waals surface area contributed by atoms with Gasteiger partial charge in [0.15, 0.2) is 0 Å². The largest absolute Gasteiger partial charge is 0.473 e. The van der Waals surface area contributed by atoms with E-state index in [9.17, 15) is 10.1 Å². The zero-order valence-corrected chi connectivity index (χ0v) is 10.4. The molecule has 0 radical (unpaired) electrons. The average Bonchev–Trinajstić information content (AvgIpc) is 2.35. The Bertz CT molecular complexity index is 399. The van der Waals surface area contributed by atoms with Gasteiger partial charge in [-0.2, -0.15) is 4.98 Å². The Balaban J connectivity index is 2.82. The van der Waals surface area contributed by atoms with Crippen LogP contribution in [0, 0.1) is 10.1 Å². The predicted molar refractivity (Wildman–Crippen MR) is 64.8 cm³/mol. The molecule has 0 aliphatic rings. The summed E-state index contributed by atoms with van der Waals surface area (Å²) in [6, 6.07) is 0. The van der Waals surface area contributed by atoms with Gasteiger partial charge in [0.2, 0.25) is 5.82 Å². The maximum absolute atomic E-state index is 11.0. The van der Waals surface area contributed by atoms with Crippen molar-refractivity contribution in [3.8, 4) is 5.88 Å². The maximum Gasteiger partial charge on any atom is 0.372 e. The number of ether oxygens (including phenoxy) is 2.